The van der Waals surface area contributed by atoms with E-state index in [4.69, 9.17) is 14.6 Å². The van der Waals surface area contributed by atoms with Gasteiger partial charge in [0.2, 0.25) is 0 Å². The van der Waals surface area contributed by atoms with Crippen molar-refractivity contribution in [2.75, 3.05) is 19.7 Å². The fraction of sp³-hybridized carbons (Fsp3) is 0.800. The average molecular weight is 326 g/mol. The highest BCUT2D eigenvalue weighted by Crippen LogP contribution is 2.13. The number of morpholine rings is 1. The van der Waals surface area contributed by atoms with Crippen LogP contribution in [-0.4, -0.2) is 63.0 Å². The molecule has 1 aliphatic heterocycles. The molecule has 8 heteroatoms. The molecule has 1 amide bonds. The van der Waals surface area contributed by atoms with Crippen molar-refractivity contribution in [3.63, 3.8) is 0 Å². The zero-order valence-electron chi connectivity index (χ0n) is 14.0. The van der Waals surface area contributed by atoms with Crippen LogP contribution in [0.25, 0.3) is 0 Å². The van der Waals surface area contributed by atoms with Crippen LogP contribution in [0, 0.1) is 5.92 Å². The molecular formula is C15H26N4O4. The van der Waals surface area contributed by atoms with Gasteiger partial charge in [0.1, 0.15) is 11.8 Å². The Morgan fingerprint density at radius 3 is 2.96 bits per heavy atom. The Hall–Kier alpha value is -1.67. The van der Waals surface area contributed by atoms with Gasteiger partial charge >= 0.3 is 6.09 Å². The summed E-state index contributed by atoms with van der Waals surface area (Å²) in [6.45, 7) is 7.93. The van der Waals surface area contributed by atoms with Gasteiger partial charge in [0.05, 0.1) is 38.6 Å². The van der Waals surface area contributed by atoms with Gasteiger partial charge in [0.25, 0.3) is 0 Å². The number of hydrogen-bond donors (Lipinski definition) is 1. The number of nitrogens with zero attached hydrogens (tertiary/aromatic N) is 4. The Labute approximate surface area is 136 Å². The number of carbonyl (C=O) groups excluding carboxylic acids is 1. The number of aromatic nitrogens is 3. The summed E-state index contributed by atoms with van der Waals surface area (Å²) in [6.07, 6.45) is 1.98. The van der Waals surface area contributed by atoms with E-state index in [1.807, 2.05) is 6.92 Å². The summed E-state index contributed by atoms with van der Waals surface area (Å²) >= 11 is 0. The number of aliphatic hydroxyl groups is 1. The molecular weight excluding hydrogens is 300 g/mol. The lowest BCUT2D eigenvalue weighted by Crippen LogP contribution is -2.47. The minimum Gasteiger partial charge on any atom is -0.446 e. The van der Waals surface area contributed by atoms with Crippen LogP contribution in [0.4, 0.5) is 4.79 Å². The zero-order valence-corrected chi connectivity index (χ0v) is 14.0. The topological polar surface area (TPSA) is 89.7 Å². The van der Waals surface area contributed by atoms with Gasteiger partial charge in [-0.1, -0.05) is 19.1 Å². The minimum atomic E-state index is -0.291. The Bertz CT molecular complexity index is 505. The SMILES string of the molecule is CC(C)CC(C)OC(=O)N1CCOC(Cn2cc(CO)nn2)C1. The summed E-state index contributed by atoms with van der Waals surface area (Å²) < 4.78 is 12.8. The Morgan fingerprint density at radius 1 is 1.52 bits per heavy atom. The molecule has 0 aromatic carbocycles. The van der Waals surface area contributed by atoms with Crippen molar-refractivity contribution >= 4 is 6.09 Å². The van der Waals surface area contributed by atoms with Crippen LogP contribution in [0.2, 0.25) is 0 Å². The second-order valence-electron chi connectivity index (χ2n) is 6.35. The van der Waals surface area contributed by atoms with Crippen LogP contribution in [0.15, 0.2) is 6.20 Å². The molecule has 1 fully saturated rings. The second-order valence-corrected chi connectivity index (χ2v) is 6.35. The Morgan fingerprint density at radius 2 is 2.30 bits per heavy atom. The molecule has 23 heavy (non-hydrogen) atoms. The van der Waals surface area contributed by atoms with E-state index in [0.717, 1.165) is 6.42 Å². The predicted molar refractivity (Wildman–Crippen MR) is 82.7 cm³/mol. The molecule has 0 aliphatic carbocycles. The molecule has 130 valence electrons. The third-order valence-electron chi connectivity index (χ3n) is 3.64. The molecule has 1 aliphatic rings. The number of aliphatic hydroxyl groups excluding tert-OH is 1. The predicted octanol–water partition coefficient (Wildman–Crippen LogP) is 1.04. The summed E-state index contributed by atoms with van der Waals surface area (Å²) in [5.41, 5.74) is 0.514. The molecule has 2 unspecified atom stereocenters. The minimum absolute atomic E-state index is 0.0915. The van der Waals surface area contributed by atoms with Crippen LogP contribution in [0.1, 0.15) is 32.9 Å². The number of rotatable bonds is 6. The molecule has 0 radical (unpaired) electrons. The van der Waals surface area contributed by atoms with E-state index in [9.17, 15) is 4.79 Å². The van der Waals surface area contributed by atoms with Crippen molar-refractivity contribution in [3.8, 4) is 0 Å². The first-order valence-corrected chi connectivity index (χ1v) is 8.05. The highest BCUT2D eigenvalue weighted by Gasteiger charge is 2.27. The van der Waals surface area contributed by atoms with Gasteiger partial charge in [-0.2, -0.15) is 0 Å². The van der Waals surface area contributed by atoms with Gasteiger partial charge in [0, 0.05) is 6.54 Å². The van der Waals surface area contributed by atoms with Gasteiger partial charge in [-0.05, 0) is 19.3 Å². The number of hydrogen-bond acceptors (Lipinski definition) is 6. The van der Waals surface area contributed by atoms with E-state index in [0.29, 0.717) is 37.9 Å². The van der Waals surface area contributed by atoms with Gasteiger partial charge in [-0.3, -0.25) is 0 Å². The molecule has 1 N–H and O–H groups in total. The van der Waals surface area contributed by atoms with E-state index in [2.05, 4.69) is 24.2 Å². The first kappa shape index (κ1) is 17.7. The van der Waals surface area contributed by atoms with Crippen LogP contribution >= 0.6 is 0 Å². The van der Waals surface area contributed by atoms with E-state index < -0.39 is 0 Å². The highest BCUT2D eigenvalue weighted by molar-refractivity contribution is 5.68. The Kier molecular flexibility index (Phi) is 6.35. The van der Waals surface area contributed by atoms with E-state index >= 15 is 0 Å². The van der Waals surface area contributed by atoms with Gasteiger partial charge in [0.15, 0.2) is 0 Å². The molecule has 2 rings (SSSR count). The van der Waals surface area contributed by atoms with Crippen molar-refractivity contribution in [3.05, 3.63) is 11.9 Å². The van der Waals surface area contributed by atoms with Crippen LogP contribution in [0.5, 0.6) is 0 Å². The summed E-state index contributed by atoms with van der Waals surface area (Å²) in [5, 5.41) is 16.7. The van der Waals surface area contributed by atoms with Crippen molar-refractivity contribution in [1.29, 1.82) is 0 Å². The normalized spacial score (nSPS) is 19.9. The number of carbonyl (C=O) groups is 1. The fourth-order valence-electron chi connectivity index (χ4n) is 2.66. The maximum Gasteiger partial charge on any atom is 0.410 e. The van der Waals surface area contributed by atoms with Crippen LogP contribution in [0.3, 0.4) is 0 Å². The molecule has 1 aromatic rings. The third kappa shape index (κ3) is 5.47. The van der Waals surface area contributed by atoms with Crippen molar-refractivity contribution in [2.45, 2.75) is 52.6 Å². The summed E-state index contributed by atoms with van der Waals surface area (Å²) in [7, 11) is 0. The van der Waals surface area contributed by atoms with Gasteiger partial charge in [-0.25, -0.2) is 9.48 Å². The standard InChI is InChI=1S/C15H26N4O4/c1-11(2)6-12(3)23-15(21)18-4-5-22-14(8-18)9-19-7-13(10-20)16-17-19/h7,11-12,14,20H,4-6,8-10H2,1-3H3. The molecule has 8 nitrogen and oxygen atoms in total. The molecule has 1 aromatic heterocycles. The highest BCUT2D eigenvalue weighted by atomic mass is 16.6. The molecule has 2 atom stereocenters. The molecule has 0 saturated carbocycles. The smallest absolute Gasteiger partial charge is 0.410 e. The first-order valence-electron chi connectivity index (χ1n) is 8.05. The lowest BCUT2D eigenvalue weighted by Gasteiger charge is -2.33. The quantitative estimate of drug-likeness (QED) is 0.840. The van der Waals surface area contributed by atoms with Crippen molar-refractivity contribution < 1.29 is 19.4 Å². The van der Waals surface area contributed by atoms with Gasteiger partial charge < -0.3 is 19.5 Å². The lowest BCUT2D eigenvalue weighted by atomic mass is 10.1. The maximum absolute atomic E-state index is 12.2. The van der Waals surface area contributed by atoms with Gasteiger partial charge in [-0.15, -0.1) is 5.10 Å². The molecule has 0 spiro atoms. The monoisotopic (exact) mass is 326 g/mol. The fourth-order valence-corrected chi connectivity index (χ4v) is 2.66. The van der Waals surface area contributed by atoms with E-state index in [1.165, 1.54) is 0 Å². The zero-order chi connectivity index (χ0) is 16.8. The largest absolute Gasteiger partial charge is 0.446 e. The maximum atomic E-state index is 12.2. The molecule has 2 heterocycles. The molecule has 0 bridgehead atoms. The first-order chi connectivity index (χ1) is 11.0. The summed E-state index contributed by atoms with van der Waals surface area (Å²) in [5.74, 6) is 0.489. The second kappa shape index (κ2) is 8.26. The van der Waals surface area contributed by atoms with E-state index in [-0.39, 0.29) is 24.9 Å². The lowest BCUT2D eigenvalue weighted by molar-refractivity contribution is -0.0409. The summed E-state index contributed by atoms with van der Waals surface area (Å²) in [6, 6.07) is 0. The summed E-state index contributed by atoms with van der Waals surface area (Å²) in [4.78, 5) is 13.9. The van der Waals surface area contributed by atoms with Crippen LogP contribution < -0.4 is 0 Å². The third-order valence-corrected chi connectivity index (χ3v) is 3.64. The van der Waals surface area contributed by atoms with Crippen LogP contribution in [-0.2, 0) is 22.6 Å². The number of ether oxygens (including phenoxy) is 2. The average Bonchev–Trinajstić information content (AvgIpc) is 2.94. The number of amides is 1. The van der Waals surface area contributed by atoms with E-state index in [1.54, 1.807) is 15.8 Å². The van der Waals surface area contributed by atoms with Crippen molar-refractivity contribution in [1.82, 2.24) is 19.9 Å². The van der Waals surface area contributed by atoms with Crippen molar-refractivity contribution in [2.24, 2.45) is 5.92 Å². The molecule has 1 saturated heterocycles. The Balaban J connectivity index is 1.83.